The molecule has 0 aliphatic carbocycles. The molecule has 1 aromatic rings. The minimum Gasteiger partial charge on any atom is -0.378 e. The topological polar surface area (TPSA) is 64.4 Å². The van der Waals surface area contributed by atoms with Crippen LogP contribution in [0.15, 0.2) is 4.90 Å². The first kappa shape index (κ1) is 16.7. The first-order valence-electron chi connectivity index (χ1n) is 6.92. The minimum absolute atomic E-state index is 0.294. The van der Waals surface area contributed by atoms with E-state index in [0.29, 0.717) is 48.5 Å². The van der Waals surface area contributed by atoms with Gasteiger partial charge in [0.15, 0.2) is 0 Å². The second kappa shape index (κ2) is 5.87. The van der Waals surface area contributed by atoms with Crippen LogP contribution in [0.25, 0.3) is 0 Å². The van der Waals surface area contributed by atoms with Gasteiger partial charge in [-0.2, -0.15) is 9.40 Å². The number of halogens is 1. The largest absolute Gasteiger partial charge is 0.378 e. The summed E-state index contributed by atoms with van der Waals surface area (Å²) in [4.78, 5) is 0.294. The van der Waals surface area contributed by atoms with Gasteiger partial charge in [0.2, 0.25) is 10.0 Å². The molecule has 0 unspecified atom stereocenters. The molecule has 21 heavy (non-hydrogen) atoms. The molecular formula is C13H22ClN3O3S. The van der Waals surface area contributed by atoms with Crippen molar-refractivity contribution in [3.8, 4) is 0 Å². The van der Waals surface area contributed by atoms with Crippen molar-refractivity contribution in [2.75, 3.05) is 25.6 Å². The van der Waals surface area contributed by atoms with Crippen molar-refractivity contribution in [2.45, 2.75) is 44.7 Å². The third-order valence-corrected chi connectivity index (χ3v) is 6.26. The molecule has 0 aromatic carbocycles. The summed E-state index contributed by atoms with van der Waals surface area (Å²) in [7, 11) is -3.60. The molecule has 1 aliphatic heterocycles. The van der Waals surface area contributed by atoms with Gasteiger partial charge in [-0.05, 0) is 27.7 Å². The third kappa shape index (κ3) is 2.97. The first-order valence-corrected chi connectivity index (χ1v) is 8.90. The molecule has 1 saturated heterocycles. The van der Waals surface area contributed by atoms with Gasteiger partial charge >= 0.3 is 0 Å². The van der Waals surface area contributed by atoms with Gasteiger partial charge in [0.25, 0.3) is 0 Å². The van der Waals surface area contributed by atoms with E-state index in [1.807, 2.05) is 13.8 Å². The average Bonchev–Trinajstić information content (AvgIpc) is 2.64. The van der Waals surface area contributed by atoms with E-state index < -0.39 is 15.6 Å². The Morgan fingerprint density at radius 1 is 1.38 bits per heavy atom. The molecule has 6 nitrogen and oxygen atoms in total. The second-order valence-corrected chi connectivity index (χ2v) is 8.03. The van der Waals surface area contributed by atoms with Crippen LogP contribution in [0.1, 0.15) is 25.2 Å². The Morgan fingerprint density at radius 2 is 2.05 bits per heavy atom. The van der Waals surface area contributed by atoms with Crippen molar-refractivity contribution in [3.05, 3.63) is 11.4 Å². The number of hydrogen-bond acceptors (Lipinski definition) is 4. The summed E-state index contributed by atoms with van der Waals surface area (Å²) >= 11 is 5.74. The van der Waals surface area contributed by atoms with Crippen LogP contribution in [-0.2, 0) is 21.3 Å². The fourth-order valence-electron chi connectivity index (χ4n) is 2.75. The fourth-order valence-corrected chi connectivity index (χ4v) is 5.04. The summed E-state index contributed by atoms with van der Waals surface area (Å²) in [6.07, 6.45) is 0. The Balaban J connectivity index is 2.49. The lowest BCUT2D eigenvalue weighted by atomic mass is 10.1. The zero-order valence-electron chi connectivity index (χ0n) is 12.9. The van der Waals surface area contributed by atoms with Crippen LogP contribution >= 0.6 is 11.6 Å². The average molecular weight is 336 g/mol. The van der Waals surface area contributed by atoms with E-state index in [2.05, 4.69) is 5.10 Å². The highest BCUT2D eigenvalue weighted by Crippen LogP contribution is 2.30. The van der Waals surface area contributed by atoms with Gasteiger partial charge in [0.05, 0.1) is 36.7 Å². The molecule has 120 valence electrons. The maximum atomic E-state index is 13.0. The highest BCUT2D eigenvalue weighted by molar-refractivity contribution is 7.89. The van der Waals surface area contributed by atoms with Crippen molar-refractivity contribution in [2.24, 2.45) is 0 Å². The van der Waals surface area contributed by atoms with Gasteiger partial charge in [-0.25, -0.2) is 8.42 Å². The van der Waals surface area contributed by atoms with E-state index in [4.69, 9.17) is 16.3 Å². The zero-order chi connectivity index (χ0) is 15.8. The van der Waals surface area contributed by atoms with Gasteiger partial charge in [-0.3, -0.25) is 4.68 Å². The molecule has 0 spiro atoms. The number of ether oxygens (including phenoxy) is 1. The first-order chi connectivity index (χ1) is 9.71. The lowest BCUT2D eigenvalue weighted by Gasteiger charge is -2.40. The number of rotatable bonds is 4. The van der Waals surface area contributed by atoms with Crippen LogP contribution < -0.4 is 0 Å². The molecule has 0 bridgehead atoms. The number of nitrogens with zero attached hydrogens (tertiary/aromatic N) is 3. The lowest BCUT2D eigenvalue weighted by Crippen LogP contribution is -2.55. The number of morpholine rings is 1. The molecule has 1 fully saturated rings. The van der Waals surface area contributed by atoms with Crippen molar-refractivity contribution >= 4 is 21.6 Å². The van der Waals surface area contributed by atoms with Gasteiger partial charge < -0.3 is 4.74 Å². The summed E-state index contributed by atoms with van der Waals surface area (Å²) in [5, 5.41) is 4.30. The Hall–Kier alpha value is -0.630. The maximum absolute atomic E-state index is 13.0. The normalized spacial score (nSPS) is 19.9. The second-order valence-electron chi connectivity index (χ2n) is 5.85. The smallest absolute Gasteiger partial charge is 0.247 e. The number of sulfonamides is 1. The molecule has 0 saturated carbocycles. The highest BCUT2D eigenvalue weighted by Gasteiger charge is 2.42. The van der Waals surface area contributed by atoms with Crippen LogP contribution in [0.4, 0.5) is 0 Å². The quantitative estimate of drug-likeness (QED) is 0.783. The van der Waals surface area contributed by atoms with Gasteiger partial charge in [-0.15, -0.1) is 11.6 Å². The van der Waals surface area contributed by atoms with E-state index in [-0.39, 0.29) is 0 Å². The van der Waals surface area contributed by atoms with Crippen LogP contribution in [0.2, 0.25) is 0 Å². The van der Waals surface area contributed by atoms with E-state index in [0.717, 1.165) is 0 Å². The molecule has 0 N–H and O–H groups in total. The van der Waals surface area contributed by atoms with Crippen LogP contribution in [0.3, 0.4) is 0 Å². The van der Waals surface area contributed by atoms with Gasteiger partial charge in [0, 0.05) is 12.4 Å². The monoisotopic (exact) mass is 335 g/mol. The standard InChI is InChI=1S/C13H22ClN3O3S/c1-10-12(11(2)16(15-10)6-5-14)21(18,19)17-7-8-20-9-13(17,3)4/h5-9H2,1-4H3. The van der Waals surface area contributed by atoms with Crippen LogP contribution in [0, 0.1) is 13.8 Å². The summed E-state index contributed by atoms with van der Waals surface area (Å²) in [5.41, 5.74) is 0.584. The molecule has 0 amide bonds. The molecule has 0 atom stereocenters. The number of hydrogen-bond donors (Lipinski definition) is 0. The highest BCUT2D eigenvalue weighted by atomic mass is 35.5. The Morgan fingerprint density at radius 3 is 2.62 bits per heavy atom. The minimum atomic E-state index is -3.60. The fraction of sp³-hybridized carbons (Fsp3) is 0.769. The number of alkyl halides is 1. The molecule has 1 aromatic heterocycles. The van der Waals surface area contributed by atoms with Crippen molar-refractivity contribution in [1.82, 2.24) is 14.1 Å². The van der Waals surface area contributed by atoms with E-state index in [1.165, 1.54) is 4.31 Å². The van der Waals surface area contributed by atoms with E-state index >= 15 is 0 Å². The van der Waals surface area contributed by atoms with Crippen molar-refractivity contribution < 1.29 is 13.2 Å². The Kier molecular flexibility index (Phi) is 4.68. The number of aromatic nitrogens is 2. The van der Waals surface area contributed by atoms with Crippen LogP contribution in [-0.4, -0.2) is 53.7 Å². The maximum Gasteiger partial charge on any atom is 0.247 e. The van der Waals surface area contributed by atoms with Gasteiger partial charge in [0.1, 0.15) is 4.90 Å². The van der Waals surface area contributed by atoms with Gasteiger partial charge in [-0.1, -0.05) is 0 Å². The molecule has 2 heterocycles. The third-order valence-electron chi connectivity index (χ3n) is 3.73. The zero-order valence-corrected chi connectivity index (χ0v) is 14.5. The number of aryl methyl sites for hydroxylation is 2. The van der Waals surface area contributed by atoms with Crippen LogP contribution in [0.5, 0.6) is 0 Å². The van der Waals surface area contributed by atoms with E-state index in [1.54, 1.807) is 18.5 Å². The SMILES string of the molecule is Cc1nn(CCCl)c(C)c1S(=O)(=O)N1CCOCC1(C)C. The van der Waals surface area contributed by atoms with E-state index in [9.17, 15) is 8.42 Å². The molecular weight excluding hydrogens is 314 g/mol. The lowest BCUT2D eigenvalue weighted by molar-refractivity contribution is -0.00774. The molecule has 8 heteroatoms. The summed E-state index contributed by atoms with van der Waals surface area (Å²) in [6, 6.07) is 0. The Labute approximate surface area is 131 Å². The predicted octanol–water partition coefficient (Wildman–Crippen LogP) is 1.54. The summed E-state index contributed by atoms with van der Waals surface area (Å²) < 4.78 is 34.7. The predicted molar refractivity (Wildman–Crippen MR) is 81.2 cm³/mol. The summed E-state index contributed by atoms with van der Waals surface area (Å²) in [6.45, 7) is 8.89. The Bertz CT molecular complexity index is 625. The molecule has 2 rings (SSSR count). The molecule has 0 radical (unpaired) electrons. The van der Waals surface area contributed by atoms with Crippen molar-refractivity contribution in [3.63, 3.8) is 0 Å². The van der Waals surface area contributed by atoms with Crippen molar-refractivity contribution in [1.29, 1.82) is 0 Å². The summed E-state index contributed by atoms with van der Waals surface area (Å²) in [5.74, 6) is 0.393. The molecule has 1 aliphatic rings.